The SMILES string of the molecule is CN(c1cccc(O)c1)S(=O)(=O)C1CCS(=O)(=O)CC1. The van der Waals surface area contributed by atoms with Gasteiger partial charge in [-0.05, 0) is 25.0 Å². The van der Waals surface area contributed by atoms with Gasteiger partial charge in [0.2, 0.25) is 10.0 Å². The predicted octanol–water partition coefficient (Wildman–Crippen LogP) is 0.735. The highest BCUT2D eigenvalue weighted by molar-refractivity contribution is 7.94. The molecule has 1 aliphatic heterocycles. The number of benzene rings is 1. The number of anilines is 1. The molecule has 112 valence electrons. The van der Waals surface area contributed by atoms with Crippen LogP contribution in [-0.4, -0.2) is 45.7 Å². The summed E-state index contributed by atoms with van der Waals surface area (Å²) in [6.45, 7) is 0. The third-order valence-electron chi connectivity index (χ3n) is 3.50. The molecule has 0 aliphatic carbocycles. The van der Waals surface area contributed by atoms with E-state index in [1.807, 2.05) is 0 Å². The second-order valence-electron chi connectivity index (χ2n) is 4.88. The fraction of sp³-hybridized carbons (Fsp3) is 0.500. The lowest BCUT2D eigenvalue weighted by Crippen LogP contribution is -2.40. The van der Waals surface area contributed by atoms with Gasteiger partial charge in [0.05, 0.1) is 22.4 Å². The summed E-state index contributed by atoms with van der Waals surface area (Å²) in [4.78, 5) is 0. The van der Waals surface area contributed by atoms with Gasteiger partial charge >= 0.3 is 0 Å². The summed E-state index contributed by atoms with van der Waals surface area (Å²) in [5, 5.41) is 8.71. The Morgan fingerprint density at radius 3 is 2.40 bits per heavy atom. The maximum absolute atomic E-state index is 12.5. The Kier molecular flexibility index (Phi) is 3.97. The molecule has 20 heavy (non-hydrogen) atoms. The number of phenols is 1. The van der Waals surface area contributed by atoms with Crippen molar-refractivity contribution in [1.82, 2.24) is 0 Å². The van der Waals surface area contributed by atoms with E-state index in [9.17, 15) is 21.9 Å². The summed E-state index contributed by atoms with van der Waals surface area (Å²) in [6.07, 6.45) is 0.238. The van der Waals surface area contributed by atoms with Crippen molar-refractivity contribution in [1.29, 1.82) is 0 Å². The second kappa shape index (κ2) is 5.25. The molecule has 0 radical (unpaired) electrons. The maximum atomic E-state index is 12.5. The Hall–Kier alpha value is -1.28. The third-order valence-corrected chi connectivity index (χ3v) is 7.50. The molecular formula is C12H17NO5S2. The van der Waals surface area contributed by atoms with E-state index in [0.717, 1.165) is 4.31 Å². The number of aromatic hydroxyl groups is 1. The Bertz CT molecular complexity index is 682. The van der Waals surface area contributed by atoms with Gasteiger partial charge in [-0.3, -0.25) is 4.31 Å². The van der Waals surface area contributed by atoms with E-state index in [-0.39, 0.29) is 30.1 Å². The van der Waals surface area contributed by atoms with Crippen LogP contribution >= 0.6 is 0 Å². The number of rotatable bonds is 3. The molecule has 1 N–H and O–H groups in total. The van der Waals surface area contributed by atoms with Crippen molar-refractivity contribution in [3.63, 3.8) is 0 Å². The lowest BCUT2D eigenvalue weighted by Gasteiger charge is -2.28. The first kappa shape index (κ1) is 15.1. The molecule has 1 aromatic carbocycles. The molecule has 0 amide bonds. The zero-order chi connectivity index (χ0) is 15.0. The molecule has 8 heteroatoms. The molecule has 0 unspecified atom stereocenters. The average molecular weight is 319 g/mol. The number of sulfonamides is 1. The minimum atomic E-state index is -3.62. The molecule has 6 nitrogen and oxygen atoms in total. The predicted molar refractivity (Wildman–Crippen MR) is 77.1 cm³/mol. The van der Waals surface area contributed by atoms with Crippen LogP contribution in [0.25, 0.3) is 0 Å². The monoisotopic (exact) mass is 319 g/mol. The van der Waals surface area contributed by atoms with Crippen LogP contribution in [0, 0.1) is 0 Å². The van der Waals surface area contributed by atoms with E-state index in [2.05, 4.69) is 0 Å². The zero-order valence-corrected chi connectivity index (χ0v) is 12.7. The number of phenolic OH excluding ortho intramolecular Hbond substituents is 1. The smallest absolute Gasteiger partial charge is 0.237 e. The van der Waals surface area contributed by atoms with Crippen molar-refractivity contribution in [2.45, 2.75) is 18.1 Å². The van der Waals surface area contributed by atoms with Crippen LogP contribution in [-0.2, 0) is 19.9 Å². The second-order valence-corrected chi connectivity index (χ2v) is 9.43. The first-order chi connectivity index (χ1) is 9.22. The number of hydrogen-bond acceptors (Lipinski definition) is 5. The van der Waals surface area contributed by atoms with Crippen molar-refractivity contribution < 1.29 is 21.9 Å². The Labute approximate surface area is 119 Å². The molecule has 1 heterocycles. The van der Waals surface area contributed by atoms with Gasteiger partial charge in [0.1, 0.15) is 15.6 Å². The van der Waals surface area contributed by atoms with Crippen LogP contribution in [0.1, 0.15) is 12.8 Å². The topological polar surface area (TPSA) is 91.8 Å². The Morgan fingerprint density at radius 2 is 1.85 bits per heavy atom. The Morgan fingerprint density at radius 1 is 1.25 bits per heavy atom. The zero-order valence-electron chi connectivity index (χ0n) is 11.1. The highest BCUT2D eigenvalue weighted by Gasteiger charge is 2.35. The summed E-state index contributed by atoms with van der Waals surface area (Å²) in [6, 6.07) is 5.95. The van der Waals surface area contributed by atoms with Crippen molar-refractivity contribution in [2.75, 3.05) is 22.9 Å². The highest BCUT2D eigenvalue weighted by atomic mass is 32.2. The van der Waals surface area contributed by atoms with Gasteiger partial charge in [-0.15, -0.1) is 0 Å². The van der Waals surface area contributed by atoms with Crippen LogP contribution in [0.3, 0.4) is 0 Å². The molecule has 2 rings (SSSR count). The molecule has 1 fully saturated rings. The number of nitrogens with zero attached hydrogens (tertiary/aromatic N) is 1. The molecule has 0 bridgehead atoms. The molecule has 1 aromatic rings. The standard InChI is InChI=1S/C12H17NO5S2/c1-13(10-3-2-4-11(14)9-10)20(17,18)12-5-7-19(15,16)8-6-12/h2-4,9,12,14H,5-8H2,1H3. The van der Waals surface area contributed by atoms with Crippen LogP contribution in [0.15, 0.2) is 24.3 Å². The third kappa shape index (κ3) is 3.06. The first-order valence-corrected chi connectivity index (χ1v) is 9.52. The van der Waals surface area contributed by atoms with E-state index < -0.39 is 25.1 Å². The largest absolute Gasteiger partial charge is 0.508 e. The minimum Gasteiger partial charge on any atom is -0.508 e. The lowest BCUT2D eigenvalue weighted by molar-refractivity contribution is 0.475. The van der Waals surface area contributed by atoms with Gasteiger partial charge < -0.3 is 5.11 Å². The summed E-state index contributed by atoms with van der Waals surface area (Å²) >= 11 is 0. The Balaban J connectivity index is 2.23. The first-order valence-electron chi connectivity index (χ1n) is 6.19. The normalized spacial score (nSPS) is 19.6. The molecule has 0 saturated carbocycles. The van der Waals surface area contributed by atoms with Crippen molar-refractivity contribution in [3.8, 4) is 5.75 Å². The molecule has 1 saturated heterocycles. The fourth-order valence-electron chi connectivity index (χ4n) is 2.23. The molecule has 1 aliphatic rings. The summed E-state index contributed by atoms with van der Waals surface area (Å²) in [7, 11) is -5.31. The summed E-state index contributed by atoms with van der Waals surface area (Å²) in [5.74, 6) is -0.203. The van der Waals surface area contributed by atoms with Gasteiger partial charge in [-0.1, -0.05) is 6.07 Å². The maximum Gasteiger partial charge on any atom is 0.237 e. The molecule has 0 atom stereocenters. The van der Waals surface area contributed by atoms with E-state index in [4.69, 9.17) is 0 Å². The molecule has 0 aromatic heterocycles. The van der Waals surface area contributed by atoms with Crippen molar-refractivity contribution >= 4 is 25.5 Å². The van der Waals surface area contributed by atoms with Crippen LogP contribution < -0.4 is 4.31 Å². The quantitative estimate of drug-likeness (QED) is 0.887. The van der Waals surface area contributed by atoms with Crippen LogP contribution in [0.5, 0.6) is 5.75 Å². The number of hydrogen-bond donors (Lipinski definition) is 1. The summed E-state index contributed by atoms with van der Waals surface area (Å²) in [5.41, 5.74) is 0.360. The van der Waals surface area contributed by atoms with Gasteiger partial charge in [0, 0.05) is 13.1 Å². The van der Waals surface area contributed by atoms with Crippen LogP contribution in [0.4, 0.5) is 5.69 Å². The fourth-order valence-corrected chi connectivity index (χ4v) is 5.70. The van der Waals surface area contributed by atoms with E-state index in [1.165, 1.54) is 19.2 Å². The van der Waals surface area contributed by atoms with Crippen molar-refractivity contribution in [2.24, 2.45) is 0 Å². The van der Waals surface area contributed by atoms with E-state index in [1.54, 1.807) is 12.1 Å². The minimum absolute atomic E-state index is 0.0178. The van der Waals surface area contributed by atoms with Gasteiger partial charge in [-0.2, -0.15) is 0 Å². The number of sulfone groups is 1. The molecule has 0 spiro atoms. The van der Waals surface area contributed by atoms with E-state index in [0.29, 0.717) is 5.69 Å². The van der Waals surface area contributed by atoms with E-state index >= 15 is 0 Å². The van der Waals surface area contributed by atoms with Crippen molar-refractivity contribution in [3.05, 3.63) is 24.3 Å². The lowest BCUT2D eigenvalue weighted by atomic mass is 10.2. The molecular weight excluding hydrogens is 302 g/mol. The average Bonchev–Trinajstić information content (AvgIpc) is 2.37. The summed E-state index contributed by atoms with van der Waals surface area (Å²) < 4.78 is 48.8. The highest BCUT2D eigenvalue weighted by Crippen LogP contribution is 2.27. The van der Waals surface area contributed by atoms with Gasteiger partial charge in [0.15, 0.2) is 0 Å². The van der Waals surface area contributed by atoms with Gasteiger partial charge in [-0.25, -0.2) is 16.8 Å². The van der Waals surface area contributed by atoms with Gasteiger partial charge in [0.25, 0.3) is 0 Å². The van der Waals surface area contributed by atoms with Crippen LogP contribution in [0.2, 0.25) is 0 Å².